The fraction of sp³-hybridized carbons (Fsp3) is 0.667. The van der Waals surface area contributed by atoms with Gasteiger partial charge in [0.25, 0.3) is 0 Å². The minimum atomic E-state index is -0.455. The molecule has 25 heavy (non-hydrogen) atoms. The predicted octanol–water partition coefficient (Wildman–Crippen LogP) is 4.14. The molecule has 1 aromatic heterocycles. The van der Waals surface area contributed by atoms with E-state index in [1.54, 1.807) is 6.26 Å². The number of hydrogen-bond donors (Lipinski definition) is 1. The molecule has 1 unspecified atom stereocenters. The van der Waals surface area contributed by atoms with Gasteiger partial charge in [-0.1, -0.05) is 19.9 Å². The van der Waals surface area contributed by atoms with E-state index in [0.717, 1.165) is 38.5 Å². The third kappa shape index (κ3) is 2.95. The van der Waals surface area contributed by atoms with Gasteiger partial charge in [0.05, 0.1) is 26.2 Å². The lowest BCUT2D eigenvalue weighted by Crippen LogP contribution is -2.54. The molecule has 138 valence electrons. The number of aryl methyl sites for hydroxylation is 1. The SMILES string of the molecule is COC(=O)C1=CCCC2[C@]1(CO)CC[C@H](C)[C@@]2(C)CCc1ccoc1. The minimum Gasteiger partial charge on any atom is -0.472 e. The summed E-state index contributed by atoms with van der Waals surface area (Å²) < 4.78 is 10.3. The molecule has 4 heteroatoms. The van der Waals surface area contributed by atoms with Gasteiger partial charge in [-0.15, -0.1) is 0 Å². The summed E-state index contributed by atoms with van der Waals surface area (Å²) in [5.41, 5.74) is 1.54. The second-order valence-electron chi connectivity index (χ2n) is 8.13. The van der Waals surface area contributed by atoms with E-state index < -0.39 is 5.41 Å². The largest absolute Gasteiger partial charge is 0.472 e. The van der Waals surface area contributed by atoms with Crippen molar-refractivity contribution in [2.24, 2.45) is 22.7 Å². The molecule has 2 aliphatic rings. The number of rotatable bonds is 5. The van der Waals surface area contributed by atoms with Crippen molar-refractivity contribution < 1.29 is 19.1 Å². The van der Waals surface area contributed by atoms with Crippen molar-refractivity contribution in [3.05, 3.63) is 35.8 Å². The molecule has 2 aliphatic carbocycles. The fourth-order valence-corrected chi connectivity index (χ4v) is 5.42. The molecule has 1 fully saturated rings. The number of esters is 1. The van der Waals surface area contributed by atoms with Crippen LogP contribution in [0.1, 0.15) is 51.5 Å². The Hall–Kier alpha value is -1.55. The molecule has 4 nitrogen and oxygen atoms in total. The molecule has 3 rings (SSSR count). The van der Waals surface area contributed by atoms with Gasteiger partial charge in [0.2, 0.25) is 0 Å². The Balaban J connectivity index is 1.93. The van der Waals surface area contributed by atoms with Crippen molar-refractivity contribution in [1.82, 2.24) is 0 Å². The summed E-state index contributed by atoms with van der Waals surface area (Å²) in [5.74, 6) is 0.575. The van der Waals surface area contributed by atoms with Crippen LogP contribution in [-0.2, 0) is 16.0 Å². The van der Waals surface area contributed by atoms with Crippen molar-refractivity contribution in [2.45, 2.75) is 52.4 Å². The van der Waals surface area contributed by atoms with E-state index in [9.17, 15) is 9.90 Å². The quantitative estimate of drug-likeness (QED) is 0.814. The zero-order chi connectivity index (χ0) is 18.1. The maximum atomic E-state index is 12.4. The van der Waals surface area contributed by atoms with Gasteiger partial charge in [0, 0.05) is 11.0 Å². The smallest absolute Gasteiger partial charge is 0.334 e. The Morgan fingerprint density at radius 3 is 2.88 bits per heavy atom. The maximum absolute atomic E-state index is 12.4. The van der Waals surface area contributed by atoms with Crippen molar-refractivity contribution in [1.29, 1.82) is 0 Å². The van der Waals surface area contributed by atoms with Crippen LogP contribution in [0.2, 0.25) is 0 Å². The molecule has 0 radical (unpaired) electrons. The number of aliphatic hydroxyl groups is 1. The van der Waals surface area contributed by atoms with Crippen LogP contribution >= 0.6 is 0 Å². The molecule has 0 aromatic carbocycles. The van der Waals surface area contributed by atoms with Crippen molar-refractivity contribution in [3.63, 3.8) is 0 Å². The lowest BCUT2D eigenvalue weighted by atomic mass is 9.46. The highest BCUT2D eigenvalue weighted by atomic mass is 16.5. The summed E-state index contributed by atoms with van der Waals surface area (Å²) in [7, 11) is 1.43. The topological polar surface area (TPSA) is 59.7 Å². The number of carbonyl (C=O) groups excluding carboxylic acids is 1. The molecular formula is C21H30O4. The molecule has 0 saturated heterocycles. The van der Waals surface area contributed by atoms with E-state index in [0.29, 0.717) is 17.4 Å². The number of aliphatic hydroxyl groups excluding tert-OH is 1. The number of hydrogen-bond acceptors (Lipinski definition) is 4. The summed E-state index contributed by atoms with van der Waals surface area (Å²) in [5, 5.41) is 10.4. The second kappa shape index (κ2) is 6.99. The van der Waals surface area contributed by atoms with Crippen LogP contribution in [0.15, 0.2) is 34.7 Å². The number of allylic oxidation sites excluding steroid dienone is 1. The molecular weight excluding hydrogens is 316 g/mol. The minimum absolute atomic E-state index is 0.0205. The lowest BCUT2D eigenvalue weighted by Gasteiger charge is -2.58. The van der Waals surface area contributed by atoms with Crippen molar-refractivity contribution in [3.8, 4) is 0 Å². The van der Waals surface area contributed by atoms with E-state index in [1.807, 2.05) is 18.4 Å². The summed E-state index contributed by atoms with van der Waals surface area (Å²) in [4.78, 5) is 12.4. The van der Waals surface area contributed by atoms with Crippen LogP contribution in [0.3, 0.4) is 0 Å². The van der Waals surface area contributed by atoms with Gasteiger partial charge in [0.15, 0.2) is 0 Å². The van der Waals surface area contributed by atoms with Crippen LogP contribution in [0.5, 0.6) is 0 Å². The first-order chi connectivity index (χ1) is 12.0. The van der Waals surface area contributed by atoms with E-state index in [4.69, 9.17) is 9.15 Å². The third-order valence-electron chi connectivity index (χ3n) is 7.17. The normalized spacial score (nSPS) is 35.0. The van der Waals surface area contributed by atoms with Gasteiger partial charge in [-0.2, -0.15) is 0 Å². The second-order valence-corrected chi connectivity index (χ2v) is 8.13. The van der Waals surface area contributed by atoms with Gasteiger partial charge >= 0.3 is 5.97 Å². The van der Waals surface area contributed by atoms with Gasteiger partial charge in [-0.3, -0.25) is 0 Å². The molecule has 1 aromatic rings. The Morgan fingerprint density at radius 2 is 2.24 bits per heavy atom. The number of fused-ring (bicyclic) bond motifs is 1. The van der Waals surface area contributed by atoms with Crippen LogP contribution in [0.25, 0.3) is 0 Å². The molecule has 1 saturated carbocycles. The van der Waals surface area contributed by atoms with Crippen LogP contribution in [-0.4, -0.2) is 24.8 Å². The molecule has 0 bridgehead atoms. The number of furan rings is 1. The Kier molecular flexibility index (Phi) is 5.10. The highest BCUT2D eigenvalue weighted by Gasteiger charge is 2.57. The number of ether oxygens (including phenoxy) is 1. The van der Waals surface area contributed by atoms with Gasteiger partial charge in [-0.25, -0.2) is 4.79 Å². The first kappa shape index (κ1) is 18.2. The van der Waals surface area contributed by atoms with Crippen LogP contribution in [0.4, 0.5) is 0 Å². The van der Waals surface area contributed by atoms with Crippen LogP contribution in [0, 0.1) is 22.7 Å². The van der Waals surface area contributed by atoms with Crippen molar-refractivity contribution in [2.75, 3.05) is 13.7 Å². The summed E-state index contributed by atoms with van der Waals surface area (Å²) in [6, 6.07) is 2.02. The molecule has 1 heterocycles. The molecule has 1 N–H and O–H groups in total. The first-order valence-electron chi connectivity index (χ1n) is 9.39. The van der Waals surface area contributed by atoms with E-state index >= 15 is 0 Å². The summed E-state index contributed by atoms with van der Waals surface area (Å²) in [6.45, 7) is 4.70. The van der Waals surface area contributed by atoms with Gasteiger partial charge < -0.3 is 14.3 Å². The standard InChI is InChI=1S/C21H30O4/c1-15-7-11-21(14-22)17(19(23)24-3)5-4-6-18(21)20(15,2)10-8-16-9-12-25-13-16/h5,9,12-13,15,18,22H,4,6-8,10-11,14H2,1-3H3/t15-,18?,20+,21-/m0/s1. The maximum Gasteiger partial charge on any atom is 0.334 e. The highest BCUT2D eigenvalue weighted by Crippen LogP contribution is 2.61. The number of methoxy groups -OCH3 is 1. The van der Waals surface area contributed by atoms with Gasteiger partial charge in [-0.05, 0) is 67.4 Å². The van der Waals surface area contributed by atoms with Crippen LogP contribution < -0.4 is 0 Å². The first-order valence-corrected chi connectivity index (χ1v) is 9.39. The molecule has 0 spiro atoms. The highest BCUT2D eigenvalue weighted by molar-refractivity contribution is 5.90. The summed E-state index contributed by atoms with van der Waals surface area (Å²) in [6.07, 6.45) is 11.3. The number of carbonyl (C=O) groups is 1. The van der Waals surface area contributed by atoms with E-state index in [-0.39, 0.29) is 18.0 Å². The zero-order valence-corrected chi connectivity index (χ0v) is 15.6. The van der Waals surface area contributed by atoms with E-state index in [2.05, 4.69) is 13.8 Å². The average molecular weight is 346 g/mol. The van der Waals surface area contributed by atoms with Gasteiger partial charge in [0.1, 0.15) is 0 Å². The summed E-state index contributed by atoms with van der Waals surface area (Å²) >= 11 is 0. The lowest BCUT2D eigenvalue weighted by molar-refractivity contribution is -0.143. The molecule has 0 amide bonds. The molecule has 0 aliphatic heterocycles. The Labute approximate surface area is 150 Å². The average Bonchev–Trinajstić information content (AvgIpc) is 3.16. The van der Waals surface area contributed by atoms with Crippen molar-refractivity contribution >= 4 is 5.97 Å². The predicted molar refractivity (Wildman–Crippen MR) is 95.9 cm³/mol. The monoisotopic (exact) mass is 346 g/mol. The fourth-order valence-electron chi connectivity index (χ4n) is 5.42. The Bertz CT molecular complexity index is 632. The Morgan fingerprint density at radius 1 is 1.44 bits per heavy atom. The zero-order valence-electron chi connectivity index (χ0n) is 15.6. The third-order valence-corrected chi connectivity index (χ3v) is 7.17. The molecule has 4 atom stereocenters. The van der Waals surface area contributed by atoms with E-state index in [1.165, 1.54) is 12.7 Å².